The van der Waals surface area contributed by atoms with Gasteiger partial charge in [-0.1, -0.05) is 37.6 Å². The Balaban J connectivity index is 1.70. The fourth-order valence-electron chi connectivity index (χ4n) is 6.54. The van der Waals surface area contributed by atoms with Gasteiger partial charge in [0.15, 0.2) is 5.79 Å². The molecule has 4 aliphatic rings. The van der Waals surface area contributed by atoms with E-state index in [0.29, 0.717) is 17.8 Å². The van der Waals surface area contributed by atoms with Crippen molar-refractivity contribution in [3.63, 3.8) is 0 Å². The van der Waals surface area contributed by atoms with Gasteiger partial charge < -0.3 is 14.9 Å². The van der Waals surface area contributed by atoms with Gasteiger partial charge in [-0.2, -0.15) is 0 Å². The molecule has 2 unspecified atom stereocenters. The normalized spacial score (nSPS) is 54.9. The minimum Gasteiger partial charge on any atom is -0.389 e. The van der Waals surface area contributed by atoms with Gasteiger partial charge in [-0.3, -0.25) is 0 Å². The molecule has 0 spiro atoms. The first kappa shape index (κ1) is 15.9. The van der Waals surface area contributed by atoms with Crippen molar-refractivity contribution < 1.29 is 14.9 Å². The largest absolute Gasteiger partial charge is 0.389 e. The van der Waals surface area contributed by atoms with Crippen LogP contribution < -0.4 is 0 Å². The quantitative estimate of drug-likeness (QED) is 0.575. The molecule has 23 heavy (non-hydrogen) atoms. The van der Waals surface area contributed by atoms with E-state index in [1.54, 1.807) is 7.11 Å². The highest BCUT2D eigenvalue weighted by molar-refractivity contribution is 5.33. The van der Waals surface area contributed by atoms with Crippen LogP contribution in [-0.4, -0.2) is 29.2 Å². The van der Waals surface area contributed by atoms with Gasteiger partial charge in [-0.05, 0) is 49.9 Å². The Bertz CT molecular complexity index is 567. The van der Waals surface area contributed by atoms with Gasteiger partial charge in [0.1, 0.15) is 0 Å². The summed E-state index contributed by atoms with van der Waals surface area (Å²) in [4.78, 5) is 0. The van der Waals surface area contributed by atoms with E-state index >= 15 is 0 Å². The highest BCUT2D eigenvalue weighted by atomic mass is 16.6. The number of aliphatic hydroxyl groups excluding tert-OH is 1. The van der Waals surface area contributed by atoms with E-state index in [2.05, 4.69) is 26.0 Å². The van der Waals surface area contributed by atoms with Gasteiger partial charge in [0, 0.05) is 24.4 Å². The van der Waals surface area contributed by atoms with Gasteiger partial charge in [0.05, 0.1) is 6.10 Å². The molecule has 0 aromatic carbocycles. The van der Waals surface area contributed by atoms with Gasteiger partial charge in [-0.25, -0.2) is 0 Å². The standard InChI is InChI=1S/C20H30O3/c1-18-9-6-14(21)12-13(18)4-5-15-16(18)7-10-19(2)17(15)8-11-20(19,22)23-3/h4,6,9,14-17,21-22H,5,7-8,10-12H2,1-3H3/t14?,15-,16-,17+,18+,19+,20?/m1/s1. The third-order valence-electron chi connectivity index (χ3n) is 8.04. The maximum Gasteiger partial charge on any atom is 0.170 e. The Kier molecular flexibility index (Phi) is 3.40. The number of fused-ring (bicyclic) bond motifs is 5. The molecule has 3 heteroatoms. The molecule has 4 aliphatic carbocycles. The maximum absolute atomic E-state index is 11.0. The van der Waals surface area contributed by atoms with Crippen molar-refractivity contribution in [3.05, 3.63) is 23.8 Å². The second-order valence-corrected chi connectivity index (χ2v) is 8.74. The highest BCUT2D eigenvalue weighted by Gasteiger charge is 2.63. The average molecular weight is 318 g/mol. The lowest BCUT2D eigenvalue weighted by Gasteiger charge is -2.57. The van der Waals surface area contributed by atoms with E-state index in [9.17, 15) is 10.2 Å². The lowest BCUT2D eigenvalue weighted by atomic mass is 9.49. The van der Waals surface area contributed by atoms with E-state index < -0.39 is 5.79 Å². The smallest absolute Gasteiger partial charge is 0.170 e. The Morgan fingerprint density at radius 2 is 1.91 bits per heavy atom. The first-order valence-corrected chi connectivity index (χ1v) is 9.18. The van der Waals surface area contributed by atoms with Crippen LogP contribution in [0.5, 0.6) is 0 Å². The molecule has 2 saturated carbocycles. The summed E-state index contributed by atoms with van der Waals surface area (Å²) in [6.07, 6.45) is 12.2. The predicted octanol–water partition coefficient (Wildman–Crippen LogP) is 3.42. The number of ether oxygens (including phenoxy) is 1. The molecular formula is C20H30O3. The number of aliphatic hydroxyl groups is 2. The first-order chi connectivity index (χ1) is 10.8. The van der Waals surface area contributed by atoms with Crippen molar-refractivity contribution in [3.8, 4) is 0 Å². The van der Waals surface area contributed by atoms with Crippen LogP contribution in [0.1, 0.15) is 52.4 Å². The predicted molar refractivity (Wildman–Crippen MR) is 89.6 cm³/mol. The summed E-state index contributed by atoms with van der Waals surface area (Å²) >= 11 is 0. The number of allylic oxidation sites excluding steroid dienone is 2. The molecule has 0 aromatic rings. The number of hydrogen-bond acceptors (Lipinski definition) is 3. The van der Waals surface area contributed by atoms with E-state index in [-0.39, 0.29) is 16.9 Å². The van der Waals surface area contributed by atoms with E-state index in [1.165, 1.54) is 5.57 Å². The third kappa shape index (κ3) is 1.93. The molecule has 2 fully saturated rings. The maximum atomic E-state index is 11.0. The third-order valence-corrected chi connectivity index (χ3v) is 8.04. The average Bonchev–Trinajstić information content (AvgIpc) is 2.80. The topological polar surface area (TPSA) is 49.7 Å². The number of methoxy groups -OCH3 is 1. The lowest BCUT2D eigenvalue weighted by Crippen LogP contribution is -2.54. The van der Waals surface area contributed by atoms with Crippen LogP contribution in [0.15, 0.2) is 23.8 Å². The fourth-order valence-corrected chi connectivity index (χ4v) is 6.54. The van der Waals surface area contributed by atoms with Gasteiger partial charge in [0.2, 0.25) is 0 Å². The Morgan fingerprint density at radius 1 is 1.17 bits per heavy atom. The van der Waals surface area contributed by atoms with Gasteiger partial charge >= 0.3 is 0 Å². The molecule has 0 saturated heterocycles. The molecule has 3 nitrogen and oxygen atoms in total. The monoisotopic (exact) mass is 318 g/mol. The molecule has 4 rings (SSSR count). The van der Waals surface area contributed by atoms with Crippen molar-refractivity contribution in [1.29, 1.82) is 0 Å². The molecule has 0 amide bonds. The second-order valence-electron chi connectivity index (χ2n) is 8.74. The fraction of sp³-hybridized carbons (Fsp3) is 0.800. The van der Waals surface area contributed by atoms with Crippen LogP contribution in [0.4, 0.5) is 0 Å². The summed E-state index contributed by atoms with van der Waals surface area (Å²) in [5, 5.41) is 21.0. The Morgan fingerprint density at radius 3 is 2.65 bits per heavy atom. The minimum absolute atomic E-state index is 0.0945. The van der Waals surface area contributed by atoms with E-state index in [1.807, 2.05) is 6.08 Å². The molecular weight excluding hydrogens is 288 g/mol. The van der Waals surface area contributed by atoms with E-state index in [0.717, 1.165) is 38.5 Å². The highest BCUT2D eigenvalue weighted by Crippen LogP contribution is 2.66. The van der Waals surface area contributed by atoms with Gasteiger partial charge in [0.25, 0.3) is 0 Å². The first-order valence-electron chi connectivity index (χ1n) is 9.18. The number of hydrogen-bond donors (Lipinski definition) is 2. The van der Waals surface area contributed by atoms with Crippen molar-refractivity contribution in [2.45, 2.75) is 64.3 Å². The zero-order valence-electron chi connectivity index (χ0n) is 14.6. The minimum atomic E-state index is -0.952. The molecule has 0 radical (unpaired) electrons. The summed E-state index contributed by atoms with van der Waals surface area (Å²) in [6, 6.07) is 0. The zero-order chi connectivity index (χ0) is 16.5. The van der Waals surface area contributed by atoms with Crippen molar-refractivity contribution >= 4 is 0 Å². The zero-order valence-corrected chi connectivity index (χ0v) is 14.6. The molecule has 2 N–H and O–H groups in total. The molecule has 0 aliphatic heterocycles. The van der Waals surface area contributed by atoms with Crippen molar-refractivity contribution in [2.24, 2.45) is 28.6 Å². The SMILES string of the molecule is COC1(O)CC[C@H]2[C@@H]3CC=C4CC(O)C=C[C@]4(C)[C@@H]3CC[C@@]21C. The van der Waals surface area contributed by atoms with E-state index in [4.69, 9.17) is 4.74 Å². The van der Waals surface area contributed by atoms with Gasteiger partial charge in [-0.15, -0.1) is 0 Å². The van der Waals surface area contributed by atoms with Crippen LogP contribution >= 0.6 is 0 Å². The molecule has 128 valence electrons. The summed E-state index contributed by atoms with van der Waals surface area (Å²) in [6.45, 7) is 4.60. The summed E-state index contributed by atoms with van der Waals surface area (Å²) in [7, 11) is 1.66. The van der Waals surface area contributed by atoms with Crippen LogP contribution in [0.3, 0.4) is 0 Å². The number of rotatable bonds is 1. The second kappa shape index (κ2) is 4.93. The lowest BCUT2D eigenvalue weighted by molar-refractivity contribution is -0.262. The van der Waals surface area contributed by atoms with Crippen LogP contribution in [0.25, 0.3) is 0 Å². The molecule has 0 heterocycles. The summed E-state index contributed by atoms with van der Waals surface area (Å²) < 4.78 is 5.59. The molecule has 0 bridgehead atoms. The molecule has 7 atom stereocenters. The van der Waals surface area contributed by atoms with Crippen LogP contribution in [0, 0.1) is 28.6 Å². The Labute approximate surface area is 139 Å². The summed E-state index contributed by atoms with van der Waals surface area (Å²) in [5.74, 6) is 0.822. The van der Waals surface area contributed by atoms with Crippen molar-refractivity contribution in [1.82, 2.24) is 0 Å². The van der Waals surface area contributed by atoms with Crippen LogP contribution in [-0.2, 0) is 4.74 Å². The molecule has 0 aromatic heterocycles. The van der Waals surface area contributed by atoms with Crippen molar-refractivity contribution in [2.75, 3.05) is 7.11 Å². The Hall–Kier alpha value is -0.640. The van der Waals surface area contributed by atoms with Crippen LogP contribution in [0.2, 0.25) is 0 Å². The summed E-state index contributed by atoms with van der Waals surface area (Å²) in [5.41, 5.74) is 1.40.